The summed E-state index contributed by atoms with van der Waals surface area (Å²) in [6.07, 6.45) is 7.71. The van der Waals surface area contributed by atoms with Gasteiger partial charge in [-0.2, -0.15) is 0 Å². The van der Waals surface area contributed by atoms with E-state index >= 15 is 0 Å². The number of carbonyl (C=O) groups excluding carboxylic acids is 2. The maximum Gasteiger partial charge on any atom is 0.263 e. The van der Waals surface area contributed by atoms with E-state index in [1.54, 1.807) is 44.3 Å². The van der Waals surface area contributed by atoms with Gasteiger partial charge in [-0.05, 0) is 95.2 Å². The molecule has 5 rings (SSSR count). The van der Waals surface area contributed by atoms with Crippen LogP contribution in [-0.4, -0.2) is 46.6 Å². The molecule has 7 nitrogen and oxygen atoms in total. The fraction of sp³-hybridized carbons (Fsp3) is 0.519. The molecule has 3 atom stereocenters. The van der Waals surface area contributed by atoms with Crippen LogP contribution in [0.2, 0.25) is 5.02 Å². The minimum Gasteiger partial charge on any atom is -0.478 e. The Bertz CT molecular complexity index is 1100. The summed E-state index contributed by atoms with van der Waals surface area (Å²) in [6.45, 7) is 5.60. The first-order valence-corrected chi connectivity index (χ1v) is 12.9. The van der Waals surface area contributed by atoms with Gasteiger partial charge in [-0.1, -0.05) is 11.6 Å². The molecule has 35 heavy (non-hydrogen) atoms. The molecular formula is C27H33ClN4O3. The van der Waals surface area contributed by atoms with Crippen molar-refractivity contribution in [2.75, 3.05) is 4.90 Å². The number of hydrogen-bond donors (Lipinski definition) is 2. The summed E-state index contributed by atoms with van der Waals surface area (Å²) in [5.74, 6) is 1.41. The van der Waals surface area contributed by atoms with E-state index in [1.807, 2.05) is 13.0 Å². The van der Waals surface area contributed by atoms with Gasteiger partial charge in [-0.15, -0.1) is 0 Å². The lowest BCUT2D eigenvalue weighted by Gasteiger charge is -2.41. The Labute approximate surface area is 211 Å². The van der Waals surface area contributed by atoms with Crippen LogP contribution in [0.5, 0.6) is 5.75 Å². The molecule has 1 aliphatic carbocycles. The zero-order chi connectivity index (χ0) is 24.7. The van der Waals surface area contributed by atoms with Gasteiger partial charge in [0.25, 0.3) is 11.8 Å². The Balaban J connectivity index is 1.22. The van der Waals surface area contributed by atoms with Crippen LogP contribution in [0.25, 0.3) is 0 Å². The minimum absolute atomic E-state index is 0.0394. The number of fused-ring (bicyclic) bond motifs is 2. The quantitative estimate of drug-likeness (QED) is 0.593. The Kier molecular flexibility index (Phi) is 6.38. The van der Waals surface area contributed by atoms with Crippen LogP contribution >= 0.6 is 11.6 Å². The second-order valence-electron chi connectivity index (χ2n) is 10.6. The van der Waals surface area contributed by atoms with Crippen molar-refractivity contribution in [3.05, 3.63) is 52.7 Å². The molecule has 2 saturated heterocycles. The molecule has 3 heterocycles. The van der Waals surface area contributed by atoms with E-state index in [-0.39, 0.29) is 17.9 Å². The molecule has 0 spiro atoms. The lowest BCUT2D eigenvalue weighted by atomic mass is 9.95. The Morgan fingerprint density at radius 1 is 1.03 bits per heavy atom. The van der Waals surface area contributed by atoms with Crippen LogP contribution in [0.15, 0.2) is 36.5 Å². The van der Waals surface area contributed by atoms with Crippen LogP contribution in [0.3, 0.4) is 0 Å². The highest BCUT2D eigenvalue weighted by Gasteiger charge is 2.43. The normalized spacial score (nSPS) is 23.7. The topological polar surface area (TPSA) is 83.6 Å². The fourth-order valence-electron chi connectivity index (χ4n) is 5.30. The minimum atomic E-state index is -1.00. The molecule has 2 aliphatic heterocycles. The SMILES string of the molecule is Cc1cc(C(=O)NC2CC2)cnc1N1[C@@H]2CC[C@H]1C[C@@H](NC(=O)C(C)(C)Oc1ccc(Cl)cc1)C2. The Hall–Kier alpha value is -2.80. The van der Waals surface area contributed by atoms with Gasteiger partial charge < -0.3 is 20.3 Å². The average Bonchev–Trinajstić information content (AvgIpc) is 3.58. The largest absolute Gasteiger partial charge is 0.478 e. The number of pyridine rings is 1. The molecule has 1 saturated carbocycles. The fourth-order valence-corrected chi connectivity index (χ4v) is 5.43. The molecule has 186 valence electrons. The second kappa shape index (κ2) is 9.34. The van der Waals surface area contributed by atoms with Crippen molar-refractivity contribution in [1.29, 1.82) is 0 Å². The van der Waals surface area contributed by atoms with Crippen LogP contribution in [0, 0.1) is 6.92 Å². The zero-order valence-electron chi connectivity index (χ0n) is 20.5. The number of halogens is 1. The van der Waals surface area contributed by atoms with Gasteiger partial charge in [0.1, 0.15) is 11.6 Å². The molecule has 2 bridgehead atoms. The first-order valence-electron chi connectivity index (χ1n) is 12.5. The summed E-state index contributed by atoms with van der Waals surface area (Å²) >= 11 is 5.95. The van der Waals surface area contributed by atoms with Crippen LogP contribution in [0.1, 0.15) is 68.3 Å². The number of hydrogen-bond acceptors (Lipinski definition) is 5. The van der Waals surface area contributed by atoms with Crippen LogP contribution in [-0.2, 0) is 4.79 Å². The van der Waals surface area contributed by atoms with E-state index in [0.29, 0.717) is 34.5 Å². The Morgan fingerprint density at radius 2 is 1.69 bits per heavy atom. The van der Waals surface area contributed by atoms with Gasteiger partial charge in [0.05, 0.1) is 5.56 Å². The summed E-state index contributed by atoms with van der Waals surface area (Å²) in [5, 5.41) is 6.90. The van der Waals surface area contributed by atoms with Crippen LogP contribution < -0.4 is 20.3 Å². The molecule has 0 radical (unpaired) electrons. The lowest BCUT2D eigenvalue weighted by Crippen LogP contribution is -2.55. The third-order valence-electron chi connectivity index (χ3n) is 7.27. The zero-order valence-corrected chi connectivity index (χ0v) is 21.3. The first kappa shape index (κ1) is 23.9. The molecule has 2 N–H and O–H groups in total. The molecule has 1 aromatic carbocycles. The smallest absolute Gasteiger partial charge is 0.263 e. The summed E-state index contributed by atoms with van der Waals surface area (Å²) in [7, 11) is 0. The number of ether oxygens (including phenoxy) is 1. The van der Waals surface area contributed by atoms with Gasteiger partial charge in [0.15, 0.2) is 5.60 Å². The highest BCUT2D eigenvalue weighted by molar-refractivity contribution is 6.30. The number of rotatable bonds is 7. The van der Waals surface area contributed by atoms with Crippen molar-refractivity contribution < 1.29 is 14.3 Å². The number of carbonyl (C=O) groups is 2. The van der Waals surface area contributed by atoms with Gasteiger partial charge in [0, 0.05) is 35.4 Å². The molecule has 2 aromatic rings. The van der Waals surface area contributed by atoms with Crippen molar-refractivity contribution in [3.8, 4) is 5.75 Å². The number of amides is 2. The van der Waals surface area contributed by atoms with Crippen molar-refractivity contribution in [1.82, 2.24) is 15.6 Å². The van der Waals surface area contributed by atoms with Gasteiger partial charge in [0.2, 0.25) is 0 Å². The van der Waals surface area contributed by atoms with Crippen molar-refractivity contribution in [2.24, 2.45) is 0 Å². The van der Waals surface area contributed by atoms with Crippen molar-refractivity contribution in [2.45, 2.75) is 89.1 Å². The number of anilines is 1. The number of aryl methyl sites for hydroxylation is 1. The number of aromatic nitrogens is 1. The van der Waals surface area contributed by atoms with Gasteiger partial charge in [-0.25, -0.2) is 4.98 Å². The van der Waals surface area contributed by atoms with Crippen molar-refractivity contribution in [3.63, 3.8) is 0 Å². The number of nitrogens with one attached hydrogen (secondary N) is 2. The molecule has 8 heteroatoms. The molecule has 2 amide bonds. The maximum absolute atomic E-state index is 13.1. The molecule has 0 unspecified atom stereocenters. The second-order valence-corrected chi connectivity index (χ2v) is 11.0. The summed E-state index contributed by atoms with van der Waals surface area (Å²) < 4.78 is 5.97. The lowest BCUT2D eigenvalue weighted by molar-refractivity contribution is -0.135. The summed E-state index contributed by atoms with van der Waals surface area (Å²) in [6, 6.07) is 10.0. The summed E-state index contributed by atoms with van der Waals surface area (Å²) in [4.78, 5) is 32.6. The predicted molar refractivity (Wildman–Crippen MR) is 136 cm³/mol. The molecular weight excluding hydrogens is 464 g/mol. The van der Waals surface area contributed by atoms with Crippen molar-refractivity contribution >= 4 is 29.2 Å². The molecule has 3 aliphatic rings. The van der Waals surface area contributed by atoms with E-state index in [9.17, 15) is 9.59 Å². The molecule has 3 fully saturated rings. The third kappa shape index (κ3) is 5.25. The number of nitrogens with zero attached hydrogens (tertiary/aromatic N) is 2. The van der Waals surface area contributed by atoms with E-state index in [1.165, 1.54) is 0 Å². The standard InChI is InChI=1S/C27H33ClN4O3/c1-16-12-17(25(33)30-19-6-7-19)15-29-24(16)32-21-8-9-22(32)14-20(13-21)31-26(34)27(2,3)35-23-10-4-18(28)5-11-23/h4-5,10-12,15,19-22H,6-9,13-14H2,1-3H3,(H,30,33)(H,31,34)/t20-,21+,22-. The van der Waals surface area contributed by atoms with E-state index < -0.39 is 5.60 Å². The maximum atomic E-state index is 13.1. The highest BCUT2D eigenvalue weighted by Crippen LogP contribution is 2.40. The number of benzene rings is 1. The molecule has 1 aromatic heterocycles. The third-order valence-corrected chi connectivity index (χ3v) is 7.52. The monoisotopic (exact) mass is 496 g/mol. The highest BCUT2D eigenvalue weighted by atomic mass is 35.5. The van der Waals surface area contributed by atoms with E-state index in [0.717, 1.165) is 49.9 Å². The van der Waals surface area contributed by atoms with Crippen LogP contribution in [0.4, 0.5) is 5.82 Å². The van der Waals surface area contributed by atoms with E-state index in [2.05, 4.69) is 15.5 Å². The van der Waals surface area contributed by atoms with Gasteiger partial charge >= 0.3 is 0 Å². The first-order chi connectivity index (χ1) is 16.7. The van der Waals surface area contributed by atoms with E-state index in [4.69, 9.17) is 21.3 Å². The summed E-state index contributed by atoms with van der Waals surface area (Å²) in [5.41, 5.74) is 0.639. The van der Waals surface area contributed by atoms with Gasteiger partial charge in [-0.3, -0.25) is 9.59 Å². The predicted octanol–water partition coefficient (Wildman–Crippen LogP) is 4.41. The average molecular weight is 497 g/mol. The Morgan fingerprint density at radius 3 is 2.29 bits per heavy atom. The number of piperidine rings is 1.